The van der Waals surface area contributed by atoms with E-state index in [-0.39, 0.29) is 5.91 Å². The minimum Gasteiger partial charge on any atom is -0.378 e. The van der Waals surface area contributed by atoms with E-state index in [2.05, 4.69) is 0 Å². The maximum atomic E-state index is 11.9. The molecule has 1 aliphatic heterocycles. The Morgan fingerprint density at radius 2 is 1.89 bits per heavy atom. The van der Waals surface area contributed by atoms with E-state index in [1.54, 1.807) is 7.05 Å². The SMILES string of the molecule is CN1C(=O)/C(=C\c2ccc(N(C)C)cc2)CC1=S. The van der Waals surface area contributed by atoms with Crippen molar-refractivity contribution in [2.75, 3.05) is 26.0 Å². The molecular formula is C14H16N2OS. The summed E-state index contributed by atoms with van der Waals surface area (Å²) in [6.07, 6.45) is 2.48. The molecule has 1 amide bonds. The number of rotatable bonds is 2. The average Bonchev–Trinajstić information content (AvgIpc) is 2.58. The summed E-state index contributed by atoms with van der Waals surface area (Å²) in [5, 5.41) is 0. The third-order valence-corrected chi connectivity index (χ3v) is 3.46. The minimum atomic E-state index is 0.0108. The lowest BCUT2D eigenvalue weighted by Crippen LogP contribution is -2.22. The Bertz CT molecular complexity index is 517. The molecule has 0 unspecified atom stereocenters. The quantitative estimate of drug-likeness (QED) is 0.602. The highest BCUT2D eigenvalue weighted by molar-refractivity contribution is 7.80. The number of thiocarbonyl (C=S) groups is 1. The van der Waals surface area contributed by atoms with Crippen molar-refractivity contribution in [3.05, 3.63) is 35.4 Å². The highest BCUT2D eigenvalue weighted by Crippen LogP contribution is 2.22. The molecule has 0 spiro atoms. The molecule has 0 aliphatic carbocycles. The van der Waals surface area contributed by atoms with Gasteiger partial charge in [-0.1, -0.05) is 24.4 Å². The molecule has 1 aliphatic rings. The van der Waals surface area contributed by atoms with Crippen molar-refractivity contribution in [1.82, 2.24) is 4.90 Å². The summed E-state index contributed by atoms with van der Waals surface area (Å²) in [4.78, 5) is 16.1. The number of anilines is 1. The van der Waals surface area contributed by atoms with Gasteiger partial charge in [0.2, 0.25) is 0 Å². The summed E-state index contributed by atoms with van der Waals surface area (Å²) in [6, 6.07) is 8.09. The summed E-state index contributed by atoms with van der Waals surface area (Å²) < 4.78 is 0. The predicted octanol–water partition coefficient (Wildman–Crippen LogP) is 2.33. The summed E-state index contributed by atoms with van der Waals surface area (Å²) in [5.41, 5.74) is 2.93. The molecule has 4 heteroatoms. The van der Waals surface area contributed by atoms with Gasteiger partial charge in [0.05, 0.1) is 4.99 Å². The fourth-order valence-electron chi connectivity index (χ4n) is 1.87. The molecule has 18 heavy (non-hydrogen) atoms. The Hall–Kier alpha value is -1.68. The monoisotopic (exact) mass is 260 g/mol. The topological polar surface area (TPSA) is 23.6 Å². The third kappa shape index (κ3) is 2.43. The average molecular weight is 260 g/mol. The number of nitrogens with zero attached hydrogens (tertiary/aromatic N) is 2. The van der Waals surface area contributed by atoms with Gasteiger partial charge in [-0.25, -0.2) is 0 Å². The zero-order chi connectivity index (χ0) is 13.3. The van der Waals surface area contributed by atoms with Crippen LogP contribution in [0.25, 0.3) is 6.08 Å². The Balaban J connectivity index is 2.24. The molecule has 0 N–H and O–H groups in total. The van der Waals surface area contributed by atoms with Gasteiger partial charge in [-0.15, -0.1) is 0 Å². The fraction of sp³-hybridized carbons (Fsp3) is 0.286. The summed E-state index contributed by atoms with van der Waals surface area (Å²) in [6.45, 7) is 0. The van der Waals surface area contributed by atoms with Gasteiger partial charge in [0, 0.05) is 38.8 Å². The molecule has 0 saturated carbocycles. The second kappa shape index (κ2) is 4.90. The zero-order valence-electron chi connectivity index (χ0n) is 10.8. The fourth-order valence-corrected chi connectivity index (χ4v) is 2.11. The number of hydrogen-bond donors (Lipinski definition) is 0. The molecule has 1 fully saturated rings. The number of benzene rings is 1. The molecular weight excluding hydrogens is 244 g/mol. The second-order valence-electron chi connectivity index (χ2n) is 4.59. The van der Waals surface area contributed by atoms with E-state index in [1.807, 2.05) is 49.3 Å². The second-order valence-corrected chi connectivity index (χ2v) is 5.06. The van der Waals surface area contributed by atoms with E-state index < -0.39 is 0 Å². The first-order chi connectivity index (χ1) is 8.49. The summed E-state index contributed by atoms with van der Waals surface area (Å²) in [7, 11) is 5.73. The van der Waals surface area contributed by atoms with E-state index >= 15 is 0 Å². The van der Waals surface area contributed by atoms with E-state index in [4.69, 9.17) is 12.2 Å². The Morgan fingerprint density at radius 3 is 2.33 bits per heavy atom. The van der Waals surface area contributed by atoms with Crippen LogP contribution in [0.4, 0.5) is 5.69 Å². The van der Waals surface area contributed by atoms with Crippen LogP contribution in [0.3, 0.4) is 0 Å². The third-order valence-electron chi connectivity index (χ3n) is 3.05. The lowest BCUT2D eigenvalue weighted by atomic mass is 10.1. The van der Waals surface area contributed by atoms with E-state index in [9.17, 15) is 4.79 Å². The molecule has 0 bridgehead atoms. The first kappa shape index (κ1) is 12.8. The van der Waals surface area contributed by atoms with Crippen molar-refractivity contribution in [2.45, 2.75) is 6.42 Å². The van der Waals surface area contributed by atoms with Gasteiger partial charge in [0.1, 0.15) is 0 Å². The van der Waals surface area contributed by atoms with Crippen LogP contribution in [0.1, 0.15) is 12.0 Å². The molecule has 2 rings (SSSR count). The van der Waals surface area contributed by atoms with Crippen LogP contribution in [0.15, 0.2) is 29.8 Å². The van der Waals surface area contributed by atoms with Crippen LogP contribution in [0, 0.1) is 0 Å². The summed E-state index contributed by atoms with van der Waals surface area (Å²) >= 11 is 5.12. The Labute approximate surface area is 113 Å². The van der Waals surface area contributed by atoms with Crippen LogP contribution in [0.2, 0.25) is 0 Å². The largest absolute Gasteiger partial charge is 0.378 e. The first-order valence-electron chi connectivity index (χ1n) is 5.78. The lowest BCUT2D eigenvalue weighted by Gasteiger charge is -2.11. The van der Waals surface area contributed by atoms with Crippen molar-refractivity contribution in [3.8, 4) is 0 Å². The van der Waals surface area contributed by atoms with E-state index in [0.717, 1.165) is 16.8 Å². The van der Waals surface area contributed by atoms with Crippen LogP contribution in [-0.4, -0.2) is 36.9 Å². The molecule has 3 nitrogen and oxygen atoms in total. The first-order valence-corrected chi connectivity index (χ1v) is 6.18. The molecule has 1 saturated heterocycles. The maximum absolute atomic E-state index is 11.9. The van der Waals surface area contributed by atoms with E-state index in [1.165, 1.54) is 4.90 Å². The van der Waals surface area contributed by atoms with Crippen LogP contribution < -0.4 is 4.90 Å². The van der Waals surface area contributed by atoms with Gasteiger partial charge in [-0.2, -0.15) is 0 Å². The molecule has 0 aromatic heterocycles. The maximum Gasteiger partial charge on any atom is 0.254 e. The Morgan fingerprint density at radius 1 is 1.28 bits per heavy atom. The van der Waals surface area contributed by atoms with Gasteiger partial charge in [-0.05, 0) is 23.8 Å². The highest BCUT2D eigenvalue weighted by Gasteiger charge is 2.27. The van der Waals surface area contributed by atoms with Crippen LogP contribution in [0.5, 0.6) is 0 Å². The van der Waals surface area contributed by atoms with Crippen LogP contribution >= 0.6 is 12.2 Å². The molecule has 1 aromatic rings. The standard InChI is InChI=1S/C14H16N2OS/c1-15(2)12-6-4-10(5-7-12)8-11-9-13(18)16(3)14(11)17/h4-8H,9H2,1-3H3/b11-8-. The van der Waals surface area contributed by atoms with Crippen molar-refractivity contribution in [3.63, 3.8) is 0 Å². The molecule has 1 heterocycles. The molecule has 94 valence electrons. The van der Waals surface area contributed by atoms with Crippen LogP contribution in [-0.2, 0) is 4.79 Å². The number of likely N-dealkylation sites (N-methyl/N-ethyl adjacent to an activating group) is 1. The van der Waals surface area contributed by atoms with Gasteiger partial charge in [0.25, 0.3) is 5.91 Å². The minimum absolute atomic E-state index is 0.0108. The van der Waals surface area contributed by atoms with Gasteiger partial charge in [0.15, 0.2) is 0 Å². The number of hydrogen-bond acceptors (Lipinski definition) is 3. The normalized spacial score (nSPS) is 17.7. The van der Waals surface area contributed by atoms with Gasteiger partial charge in [-0.3, -0.25) is 4.79 Å². The van der Waals surface area contributed by atoms with Crippen molar-refractivity contribution in [2.24, 2.45) is 0 Å². The predicted molar refractivity (Wildman–Crippen MR) is 78.7 cm³/mol. The molecule has 1 aromatic carbocycles. The van der Waals surface area contributed by atoms with Crippen molar-refractivity contribution in [1.29, 1.82) is 0 Å². The van der Waals surface area contributed by atoms with Crippen molar-refractivity contribution < 1.29 is 4.79 Å². The van der Waals surface area contributed by atoms with Gasteiger partial charge < -0.3 is 9.80 Å². The number of likely N-dealkylation sites (tertiary alicyclic amines) is 1. The van der Waals surface area contributed by atoms with Gasteiger partial charge >= 0.3 is 0 Å². The molecule has 0 atom stereocenters. The lowest BCUT2D eigenvalue weighted by molar-refractivity contribution is -0.121. The smallest absolute Gasteiger partial charge is 0.254 e. The highest BCUT2D eigenvalue weighted by atomic mass is 32.1. The molecule has 0 radical (unpaired) electrons. The van der Waals surface area contributed by atoms with E-state index in [0.29, 0.717) is 11.4 Å². The zero-order valence-corrected chi connectivity index (χ0v) is 11.6. The number of carbonyl (C=O) groups is 1. The van der Waals surface area contributed by atoms with Crippen molar-refractivity contribution >= 4 is 34.9 Å². The number of amides is 1. The Kier molecular flexibility index (Phi) is 3.48. The summed E-state index contributed by atoms with van der Waals surface area (Å²) in [5.74, 6) is 0.0108. The number of carbonyl (C=O) groups excluding carboxylic acids is 1.